The van der Waals surface area contributed by atoms with Crippen LogP contribution in [0, 0.1) is 0 Å². The van der Waals surface area contributed by atoms with Gasteiger partial charge >= 0.3 is 0 Å². The number of nitrogens with one attached hydrogen (secondary N) is 1. The van der Waals surface area contributed by atoms with E-state index in [1.807, 2.05) is 12.1 Å². The molecule has 6 heteroatoms. The monoisotopic (exact) mass is 252 g/mol. The van der Waals surface area contributed by atoms with Gasteiger partial charge in [-0.3, -0.25) is 9.63 Å². The molecule has 0 radical (unpaired) electrons. The van der Waals surface area contributed by atoms with Crippen molar-refractivity contribution >= 4 is 23.6 Å². The lowest BCUT2D eigenvalue weighted by atomic mass is 10.0. The summed E-state index contributed by atoms with van der Waals surface area (Å²) in [5.41, 5.74) is 4.81. The van der Waals surface area contributed by atoms with Gasteiger partial charge in [-0.25, -0.2) is 5.48 Å². The van der Waals surface area contributed by atoms with Crippen LogP contribution >= 0.6 is 0 Å². The molecule has 0 unspecified atom stereocenters. The van der Waals surface area contributed by atoms with Crippen molar-refractivity contribution in [1.82, 2.24) is 5.48 Å². The van der Waals surface area contributed by atoms with Crippen LogP contribution in [-0.4, -0.2) is 10.6 Å². The number of benzene rings is 1. The highest BCUT2D eigenvalue weighted by Crippen LogP contribution is 2.43. The first-order chi connectivity index (χ1) is 8.36. The topological polar surface area (TPSA) is 67.8 Å². The first-order valence-corrected chi connectivity index (χ1v) is 5.99. The van der Waals surface area contributed by atoms with E-state index in [9.17, 15) is 9.00 Å². The Morgan fingerprint density at radius 2 is 2.35 bits per heavy atom. The van der Waals surface area contributed by atoms with Gasteiger partial charge < -0.3 is 0 Å². The smallest absolute Gasteiger partial charge is 0.230 e. The quantitative estimate of drug-likeness (QED) is 0.476. The lowest BCUT2D eigenvalue weighted by molar-refractivity contribution is -0.121. The van der Waals surface area contributed by atoms with Crippen molar-refractivity contribution in [3.05, 3.63) is 29.3 Å². The molecule has 0 spiro atoms. The summed E-state index contributed by atoms with van der Waals surface area (Å²) in [6.45, 7) is 0.227. The summed E-state index contributed by atoms with van der Waals surface area (Å²) >= 11 is 0.178. The van der Waals surface area contributed by atoms with E-state index in [2.05, 4.69) is 9.84 Å². The minimum atomic E-state index is 0.178. The van der Waals surface area contributed by atoms with E-state index in [1.165, 1.54) is 0 Å². The summed E-state index contributed by atoms with van der Waals surface area (Å²) in [7, 11) is 0. The number of nitrogens with zero attached hydrogens (tertiary/aromatic N) is 1. The average molecular weight is 252 g/mol. The molecule has 0 saturated heterocycles. The summed E-state index contributed by atoms with van der Waals surface area (Å²) in [4.78, 5) is 15.1. The molecule has 1 aliphatic carbocycles. The molecule has 1 aromatic rings. The Bertz CT molecular complexity index is 468. The van der Waals surface area contributed by atoms with E-state index in [0.29, 0.717) is 18.0 Å². The Kier molecular flexibility index (Phi) is 4.00. The van der Waals surface area contributed by atoms with Crippen LogP contribution in [0.5, 0.6) is 0 Å². The van der Waals surface area contributed by atoms with Crippen LogP contribution in [0.25, 0.3) is 0 Å². The standard InChI is InChI=1S/C11H12N2O3S/c14-7-12-16-6-10-9(8-4-5-8)2-1-3-11(10)13-17-15/h1-3,7-8H,4-6H2,(H,12,14). The summed E-state index contributed by atoms with van der Waals surface area (Å²) in [5.74, 6) is 0.539. The Morgan fingerprint density at radius 3 is 3.00 bits per heavy atom. The summed E-state index contributed by atoms with van der Waals surface area (Å²) in [5, 5.41) is 0. The molecule has 0 aromatic heterocycles. The van der Waals surface area contributed by atoms with Crippen molar-refractivity contribution in [2.24, 2.45) is 4.36 Å². The van der Waals surface area contributed by atoms with Crippen LogP contribution in [0.3, 0.4) is 0 Å². The highest BCUT2D eigenvalue weighted by Gasteiger charge is 2.27. The maximum absolute atomic E-state index is 10.5. The fourth-order valence-corrected chi connectivity index (χ4v) is 2.05. The number of carbonyl (C=O) groups excluding carboxylic acids is 1. The Labute approximate surface area is 102 Å². The Balaban J connectivity index is 2.27. The van der Waals surface area contributed by atoms with E-state index in [1.54, 1.807) is 6.07 Å². The molecule has 90 valence electrons. The fourth-order valence-electron chi connectivity index (χ4n) is 1.80. The van der Waals surface area contributed by atoms with Crippen molar-refractivity contribution in [1.29, 1.82) is 0 Å². The predicted molar refractivity (Wildman–Crippen MR) is 62.6 cm³/mol. The molecule has 1 amide bonds. The van der Waals surface area contributed by atoms with Crippen molar-refractivity contribution < 1.29 is 13.8 Å². The molecule has 5 nitrogen and oxygen atoms in total. The minimum Gasteiger partial charge on any atom is -0.277 e. The largest absolute Gasteiger partial charge is 0.277 e. The van der Waals surface area contributed by atoms with E-state index in [-0.39, 0.29) is 18.1 Å². The predicted octanol–water partition coefficient (Wildman–Crippen LogP) is 1.77. The molecule has 1 aliphatic rings. The van der Waals surface area contributed by atoms with Gasteiger partial charge in [0.15, 0.2) is 0 Å². The lowest BCUT2D eigenvalue weighted by Gasteiger charge is -2.10. The van der Waals surface area contributed by atoms with Crippen LogP contribution in [0.2, 0.25) is 0 Å². The van der Waals surface area contributed by atoms with Gasteiger partial charge in [-0.2, -0.15) is 8.57 Å². The summed E-state index contributed by atoms with van der Waals surface area (Å²) < 4.78 is 14.3. The van der Waals surface area contributed by atoms with E-state index in [0.717, 1.165) is 24.0 Å². The average Bonchev–Trinajstić information content (AvgIpc) is 3.15. The molecule has 1 saturated carbocycles. The molecule has 1 fully saturated rings. The second kappa shape index (κ2) is 5.70. The zero-order chi connectivity index (χ0) is 12.1. The number of hydroxylamine groups is 1. The highest BCUT2D eigenvalue weighted by molar-refractivity contribution is 7.54. The maximum atomic E-state index is 10.5. The zero-order valence-corrected chi connectivity index (χ0v) is 9.90. The van der Waals surface area contributed by atoms with Gasteiger partial charge in [0.25, 0.3) is 0 Å². The van der Waals surface area contributed by atoms with Gasteiger partial charge in [-0.05, 0) is 30.4 Å². The molecule has 0 aliphatic heterocycles. The second-order valence-electron chi connectivity index (χ2n) is 3.81. The van der Waals surface area contributed by atoms with Gasteiger partial charge in [0, 0.05) is 5.56 Å². The van der Waals surface area contributed by atoms with Crippen LogP contribution in [-0.2, 0) is 27.7 Å². The van der Waals surface area contributed by atoms with Crippen LogP contribution in [0.4, 0.5) is 5.69 Å². The van der Waals surface area contributed by atoms with Gasteiger partial charge in [0.1, 0.15) is 6.61 Å². The van der Waals surface area contributed by atoms with Crippen LogP contribution in [0.1, 0.15) is 29.9 Å². The van der Waals surface area contributed by atoms with E-state index in [4.69, 9.17) is 4.84 Å². The van der Waals surface area contributed by atoms with Crippen molar-refractivity contribution in [2.75, 3.05) is 0 Å². The van der Waals surface area contributed by atoms with Crippen molar-refractivity contribution in [3.8, 4) is 0 Å². The van der Waals surface area contributed by atoms with Gasteiger partial charge in [0.2, 0.25) is 17.9 Å². The molecule has 1 aromatic carbocycles. The maximum Gasteiger partial charge on any atom is 0.230 e. The third kappa shape index (κ3) is 2.98. The zero-order valence-electron chi connectivity index (χ0n) is 9.09. The Hall–Kier alpha value is -1.53. The first kappa shape index (κ1) is 11.9. The summed E-state index contributed by atoms with van der Waals surface area (Å²) in [6, 6.07) is 5.68. The number of hydrogen-bond donors (Lipinski definition) is 1. The lowest BCUT2D eigenvalue weighted by Crippen LogP contribution is -2.12. The molecular weight excluding hydrogens is 240 g/mol. The minimum absolute atomic E-state index is 0.178. The number of rotatable bonds is 6. The van der Waals surface area contributed by atoms with Gasteiger partial charge in [-0.1, -0.05) is 12.1 Å². The molecule has 2 rings (SSSR count). The molecule has 1 N–H and O–H groups in total. The molecule has 0 heterocycles. The summed E-state index contributed by atoms with van der Waals surface area (Å²) in [6.07, 6.45) is 2.78. The van der Waals surface area contributed by atoms with E-state index < -0.39 is 0 Å². The Morgan fingerprint density at radius 1 is 1.53 bits per heavy atom. The third-order valence-corrected chi connectivity index (χ3v) is 2.96. The van der Waals surface area contributed by atoms with Gasteiger partial charge in [0.05, 0.1) is 5.69 Å². The van der Waals surface area contributed by atoms with E-state index >= 15 is 0 Å². The molecular formula is C11H12N2O3S. The number of amides is 1. The van der Waals surface area contributed by atoms with Gasteiger partial charge in [-0.15, -0.1) is 0 Å². The van der Waals surface area contributed by atoms with Crippen LogP contribution in [0.15, 0.2) is 22.6 Å². The molecule has 17 heavy (non-hydrogen) atoms. The van der Waals surface area contributed by atoms with Crippen LogP contribution < -0.4 is 5.48 Å². The fraction of sp³-hybridized carbons (Fsp3) is 0.364. The number of hydrogen-bond acceptors (Lipinski definition) is 4. The highest BCUT2D eigenvalue weighted by atomic mass is 32.1. The van der Waals surface area contributed by atoms with Crippen molar-refractivity contribution in [2.45, 2.75) is 25.4 Å². The van der Waals surface area contributed by atoms with Crippen molar-refractivity contribution in [3.63, 3.8) is 0 Å². The molecule has 0 atom stereocenters. The third-order valence-electron chi connectivity index (χ3n) is 2.69. The number of carbonyl (C=O) groups is 1. The second-order valence-corrected chi connectivity index (χ2v) is 4.14. The first-order valence-electron chi connectivity index (χ1n) is 5.29. The normalized spacial score (nSPS) is 14.1. The SMILES string of the molecule is O=CNOCc1c(N=S=O)cccc1C1CC1. The molecule has 0 bridgehead atoms.